The summed E-state index contributed by atoms with van der Waals surface area (Å²) in [5.74, 6) is 2.44. The minimum absolute atomic E-state index is 0.0467. The molecule has 0 aliphatic carbocycles. The summed E-state index contributed by atoms with van der Waals surface area (Å²) in [6, 6.07) is 5.37. The first-order valence-electron chi connectivity index (χ1n) is 8.58. The molecule has 10 heteroatoms. The molecule has 2 amide bonds. The van der Waals surface area contributed by atoms with Crippen LogP contribution in [0.15, 0.2) is 30.5 Å². The molecule has 0 spiro atoms. The van der Waals surface area contributed by atoms with E-state index in [1.54, 1.807) is 0 Å². The lowest BCUT2D eigenvalue weighted by Crippen LogP contribution is -2.40. The molecule has 1 atom stereocenters. The molecule has 0 unspecified atom stereocenters. The fourth-order valence-corrected chi connectivity index (χ4v) is 2.87. The predicted molar refractivity (Wildman–Crippen MR) is 94.8 cm³/mol. The van der Waals surface area contributed by atoms with E-state index in [9.17, 15) is 18.0 Å². The van der Waals surface area contributed by atoms with Crippen LogP contribution >= 0.6 is 0 Å². The quantitative estimate of drug-likeness (QED) is 0.793. The number of carbonyl (C=O) groups excluding carboxylic acids is 1. The van der Waals surface area contributed by atoms with Crippen LogP contribution in [0.3, 0.4) is 0 Å². The molecule has 7 nitrogen and oxygen atoms in total. The summed E-state index contributed by atoms with van der Waals surface area (Å²) >= 11 is 0. The number of urea groups is 1. The van der Waals surface area contributed by atoms with E-state index in [1.165, 1.54) is 29.2 Å². The Morgan fingerprint density at radius 1 is 1.39 bits per heavy atom. The molecule has 2 heterocycles. The minimum Gasteiger partial charge on any atom is -0.376 e. The number of amides is 2. The van der Waals surface area contributed by atoms with Gasteiger partial charge in [-0.3, -0.25) is 0 Å². The van der Waals surface area contributed by atoms with Crippen LogP contribution in [0, 0.1) is 12.3 Å². The summed E-state index contributed by atoms with van der Waals surface area (Å²) in [5, 5.41) is 9.47. The first kappa shape index (κ1) is 19.7. The smallest absolute Gasteiger partial charge is 0.376 e. The normalized spacial score (nSPS) is 16.6. The zero-order chi connectivity index (χ0) is 20.1. The highest BCUT2D eigenvalue weighted by Gasteiger charge is 2.36. The van der Waals surface area contributed by atoms with Crippen molar-refractivity contribution in [1.29, 1.82) is 0 Å². The van der Waals surface area contributed by atoms with Gasteiger partial charge < -0.3 is 15.0 Å². The van der Waals surface area contributed by atoms with E-state index in [4.69, 9.17) is 11.2 Å². The summed E-state index contributed by atoms with van der Waals surface area (Å²) in [4.78, 5) is 13.9. The lowest BCUT2D eigenvalue weighted by atomic mass is 10.2. The Morgan fingerprint density at radius 2 is 2.14 bits per heavy atom. The van der Waals surface area contributed by atoms with Crippen LogP contribution in [0.1, 0.15) is 18.5 Å². The third-order valence-corrected chi connectivity index (χ3v) is 4.22. The van der Waals surface area contributed by atoms with Gasteiger partial charge in [-0.2, -0.15) is 13.2 Å². The number of benzene rings is 1. The Bertz CT molecular complexity index is 851. The fourth-order valence-electron chi connectivity index (χ4n) is 2.87. The second kappa shape index (κ2) is 8.31. The molecule has 0 radical (unpaired) electrons. The third-order valence-electron chi connectivity index (χ3n) is 4.22. The lowest BCUT2D eigenvalue weighted by molar-refractivity contribution is -0.142. The standard InChI is InChI=1S/C18H18F3N5O2/c1-2-9-25(12-15-4-3-10-28-15)17(27)23-13-5-7-14(8-6-13)26-16(11-22-24-26)18(19,20)21/h1,5-8,11,15H,3-4,9-10,12H2,(H,23,27)/t15-/m0/s1. The van der Waals surface area contributed by atoms with Gasteiger partial charge in [-0.1, -0.05) is 11.1 Å². The summed E-state index contributed by atoms with van der Waals surface area (Å²) in [6.07, 6.45) is 3.18. The fraction of sp³-hybridized carbons (Fsp3) is 0.389. The highest BCUT2D eigenvalue weighted by atomic mass is 19.4. The molecule has 1 N–H and O–H groups in total. The van der Waals surface area contributed by atoms with Crippen molar-refractivity contribution in [3.63, 3.8) is 0 Å². The largest absolute Gasteiger partial charge is 0.435 e. The van der Waals surface area contributed by atoms with E-state index >= 15 is 0 Å². The van der Waals surface area contributed by atoms with Crippen LogP contribution in [0.25, 0.3) is 5.69 Å². The molecule has 3 rings (SSSR count). The molecular formula is C18H18F3N5O2. The van der Waals surface area contributed by atoms with Crippen molar-refractivity contribution in [3.05, 3.63) is 36.2 Å². The molecule has 0 saturated carbocycles. The van der Waals surface area contributed by atoms with Crippen LogP contribution < -0.4 is 5.32 Å². The number of alkyl halides is 3. The third kappa shape index (κ3) is 4.61. The second-order valence-corrected chi connectivity index (χ2v) is 6.23. The summed E-state index contributed by atoms with van der Waals surface area (Å²) in [6.45, 7) is 1.17. The van der Waals surface area contributed by atoms with Crippen LogP contribution in [0.2, 0.25) is 0 Å². The number of nitrogens with one attached hydrogen (secondary N) is 1. The van der Waals surface area contributed by atoms with Crippen LogP contribution in [-0.2, 0) is 10.9 Å². The summed E-state index contributed by atoms with van der Waals surface area (Å²) in [7, 11) is 0. The van der Waals surface area contributed by atoms with Gasteiger partial charge in [0.15, 0.2) is 5.69 Å². The van der Waals surface area contributed by atoms with Crippen LogP contribution in [0.4, 0.5) is 23.7 Å². The number of anilines is 1. The minimum atomic E-state index is -4.57. The summed E-state index contributed by atoms with van der Waals surface area (Å²) in [5.41, 5.74) is -0.402. The number of hydrogen-bond donors (Lipinski definition) is 1. The van der Waals surface area contributed by atoms with Crippen molar-refractivity contribution in [1.82, 2.24) is 19.9 Å². The van der Waals surface area contributed by atoms with Gasteiger partial charge in [0.05, 0.1) is 24.5 Å². The first-order chi connectivity index (χ1) is 13.4. The number of carbonyl (C=O) groups is 1. The van der Waals surface area contributed by atoms with Gasteiger partial charge in [0.1, 0.15) is 0 Å². The van der Waals surface area contributed by atoms with Crippen molar-refractivity contribution in [2.75, 3.05) is 25.0 Å². The van der Waals surface area contributed by atoms with E-state index in [1.807, 2.05) is 0 Å². The van der Waals surface area contributed by atoms with Gasteiger partial charge in [-0.05, 0) is 37.1 Å². The first-order valence-corrected chi connectivity index (χ1v) is 8.58. The van der Waals surface area contributed by atoms with Crippen molar-refractivity contribution >= 4 is 11.7 Å². The molecule has 1 aliphatic heterocycles. The van der Waals surface area contributed by atoms with Gasteiger partial charge in [0.2, 0.25) is 0 Å². The predicted octanol–water partition coefficient (Wildman–Crippen LogP) is 2.93. The average molecular weight is 393 g/mol. The molecule has 148 valence electrons. The van der Waals surface area contributed by atoms with Gasteiger partial charge in [-0.25, -0.2) is 9.48 Å². The zero-order valence-corrected chi connectivity index (χ0v) is 14.8. The zero-order valence-electron chi connectivity index (χ0n) is 14.8. The van der Waals surface area contributed by atoms with E-state index in [0.29, 0.717) is 29.7 Å². The molecule has 28 heavy (non-hydrogen) atoms. The van der Waals surface area contributed by atoms with Crippen molar-refractivity contribution in [2.45, 2.75) is 25.1 Å². The van der Waals surface area contributed by atoms with Crippen molar-refractivity contribution in [3.8, 4) is 18.0 Å². The van der Waals surface area contributed by atoms with E-state index in [-0.39, 0.29) is 18.3 Å². The van der Waals surface area contributed by atoms with Crippen molar-refractivity contribution in [2.24, 2.45) is 0 Å². The molecular weight excluding hydrogens is 375 g/mol. The van der Waals surface area contributed by atoms with E-state index in [0.717, 1.165) is 12.8 Å². The maximum atomic E-state index is 13.0. The van der Waals surface area contributed by atoms with Gasteiger partial charge in [0, 0.05) is 18.8 Å². The Hall–Kier alpha value is -3.06. The topological polar surface area (TPSA) is 72.3 Å². The monoisotopic (exact) mass is 393 g/mol. The molecule has 0 bridgehead atoms. The molecule has 1 aliphatic rings. The maximum Gasteiger partial charge on any atom is 0.435 e. The lowest BCUT2D eigenvalue weighted by Gasteiger charge is -2.23. The van der Waals surface area contributed by atoms with Crippen LogP contribution in [0.5, 0.6) is 0 Å². The number of aromatic nitrogens is 3. The molecule has 1 saturated heterocycles. The van der Waals surface area contributed by atoms with E-state index in [2.05, 4.69) is 21.5 Å². The number of nitrogens with zero attached hydrogens (tertiary/aromatic N) is 4. The Kier molecular flexibility index (Phi) is 5.84. The number of ether oxygens (including phenoxy) is 1. The van der Waals surface area contributed by atoms with Crippen molar-refractivity contribution < 1.29 is 22.7 Å². The highest BCUT2D eigenvalue weighted by Crippen LogP contribution is 2.30. The highest BCUT2D eigenvalue weighted by molar-refractivity contribution is 5.89. The van der Waals surface area contributed by atoms with E-state index < -0.39 is 17.9 Å². The Morgan fingerprint density at radius 3 is 2.75 bits per heavy atom. The number of halogens is 3. The molecule has 1 aromatic heterocycles. The molecule has 2 aromatic rings. The molecule has 1 aromatic carbocycles. The SMILES string of the molecule is C#CCN(C[C@@H]1CCCO1)C(=O)Nc1ccc(-n2nncc2C(F)(F)F)cc1. The van der Waals surface area contributed by atoms with Crippen LogP contribution in [-0.4, -0.2) is 51.7 Å². The average Bonchev–Trinajstić information content (AvgIpc) is 3.33. The van der Waals surface area contributed by atoms with Gasteiger partial charge in [0.25, 0.3) is 0 Å². The number of terminal acetylenes is 1. The number of hydrogen-bond acceptors (Lipinski definition) is 4. The van der Waals surface area contributed by atoms with Gasteiger partial charge >= 0.3 is 12.2 Å². The second-order valence-electron chi connectivity index (χ2n) is 6.23. The summed E-state index contributed by atoms with van der Waals surface area (Å²) < 4.78 is 45.1. The Labute approximate surface area is 159 Å². The number of rotatable bonds is 5. The Balaban J connectivity index is 1.68. The molecule has 1 fully saturated rings. The maximum absolute atomic E-state index is 13.0. The van der Waals surface area contributed by atoms with Gasteiger partial charge in [-0.15, -0.1) is 11.5 Å².